The highest BCUT2D eigenvalue weighted by Gasteiger charge is 2.37. The van der Waals surface area contributed by atoms with Gasteiger partial charge in [-0.15, -0.1) is 0 Å². The van der Waals surface area contributed by atoms with Crippen molar-refractivity contribution in [3.8, 4) is 5.75 Å². The van der Waals surface area contributed by atoms with Crippen molar-refractivity contribution in [1.82, 2.24) is 0 Å². The molecule has 0 fully saturated rings. The summed E-state index contributed by atoms with van der Waals surface area (Å²) in [5.41, 5.74) is 5.90. The van der Waals surface area contributed by atoms with E-state index in [1.807, 2.05) is 30.5 Å². The number of allylic oxidation sites excluding steroid dienone is 2. The summed E-state index contributed by atoms with van der Waals surface area (Å²) in [6.45, 7) is 0. The third-order valence-corrected chi connectivity index (χ3v) is 6.02. The molecule has 5 rings (SSSR count). The van der Waals surface area contributed by atoms with Gasteiger partial charge in [-0.3, -0.25) is 4.99 Å². The van der Waals surface area contributed by atoms with Crippen LogP contribution in [0.4, 0.5) is 11.4 Å². The van der Waals surface area contributed by atoms with E-state index in [-0.39, 0.29) is 0 Å². The maximum absolute atomic E-state index is 5.40. The van der Waals surface area contributed by atoms with Crippen molar-refractivity contribution in [3.05, 3.63) is 102 Å². The van der Waals surface area contributed by atoms with E-state index >= 15 is 0 Å². The molecule has 3 heteroatoms. The van der Waals surface area contributed by atoms with E-state index < -0.39 is 0 Å². The van der Waals surface area contributed by atoms with Crippen LogP contribution in [-0.4, -0.2) is 13.3 Å². The number of methoxy groups -OCH3 is 1. The van der Waals surface area contributed by atoms with Gasteiger partial charge in [-0.05, 0) is 53.8 Å². The Kier molecular flexibility index (Phi) is 4.65. The average molecular weight is 380 g/mol. The van der Waals surface area contributed by atoms with Gasteiger partial charge >= 0.3 is 0 Å². The van der Waals surface area contributed by atoms with Gasteiger partial charge in [0, 0.05) is 23.4 Å². The molecular formula is C26H24N2O. The Labute approximate surface area is 171 Å². The highest BCUT2D eigenvalue weighted by molar-refractivity contribution is 5.85. The van der Waals surface area contributed by atoms with E-state index in [1.165, 1.54) is 16.8 Å². The Balaban J connectivity index is 1.39. The molecule has 0 amide bonds. The molecule has 3 nitrogen and oxygen atoms in total. The number of nitrogens with zero attached hydrogens (tertiary/aromatic N) is 1. The van der Waals surface area contributed by atoms with Gasteiger partial charge in [0.1, 0.15) is 5.75 Å². The van der Waals surface area contributed by atoms with Crippen LogP contribution in [0, 0.1) is 5.92 Å². The molecule has 0 saturated heterocycles. The Morgan fingerprint density at radius 1 is 0.966 bits per heavy atom. The molecule has 0 unspecified atom stereocenters. The third-order valence-electron chi connectivity index (χ3n) is 6.02. The molecule has 2 aliphatic rings. The fourth-order valence-corrected chi connectivity index (χ4v) is 4.56. The molecule has 1 aliphatic carbocycles. The fraction of sp³-hybridized carbons (Fsp3) is 0.192. The van der Waals surface area contributed by atoms with Crippen LogP contribution in [0.25, 0.3) is 0 Å². The molecule has 0 saturated carbocycles. The first-order chi connectivity index (χ1) is 14.3. The van der Waals surface area contributed by atoms with Gasteiger partial charge in [0.05, 0.1) is 18.8 Å². The number of ether oxygens (including phenoxy) is 1. The molecule has 3 atom stereocenters. The lowest BCUT2D eigenvalue weighted by Crippen LogP contribution is -2.28. The molecule has 1 heterocycles. The quantitative estimate of drug-likeness (QED) is 0.427. The van der Waals surface area contributed by atoms with Crippen molar-refractivity contribution >= 4 is 17.6 Å². The summed E-state index contributed by atoms with van der Waals surface area (Å²) >= 11 is 0. The van der Waals surface area contributed by atoms with E-state index in [0.717, 1.165) is 23.4 Å². The zero-order valence-electron chi connectivity index (χ0n) is 16.5. The Morgan fingerprint density at radius 3 is 2.62 bits per heavy atom. The van der Waals surface area contributed by atoms with Crippen molar-refractivity contribution in [2.24, 2.45) is 10.9 Å². The van der Waals surface area contributed by atoms with E-state index in [1.54, 1.807) is 7.11 Å². The maximum Gasteiger partial charge on any atom is 0.127 e. The van der Waals surface area contributed by atoms with Crippen molar-refractivity contribution in [1.29, 1.82) is 0 Å². The number of hydrogen-bond acceptors (Lipinski definition) is 3. The fourth-order valence-electron chi connectivity index (χ4n) is 4.56. The largest absolute Gasteiger partial charge is 0.496 e. The molecule has 1 aliphatic heterocycles. The molecule has 0 spiro atoms. The lowest BCUT2D eigenvalue weighted by atomic mass is 9.77. The van der Waals surface area contributed by atoms with Gasteiger partial charge in [0.25, 0.3) is 0 Å². The number of anilines is 1. The average Bonchev–Trinajstić information content (AvgIpc) is 3.28. The van der Waals surface area contributed by atoms with Crippen LogP contribution in [0.1, 0.15) is 35.1 Å². The third kappa shape index (κ3) is 3.33. The minimum Gasteiger partial charge on any atom is -0.496 e. The van der Waals surface area contributed by atoms with Crippen molar-refractivity contribution < 1.29 is 4.74 Å². The van der Waals surface area contributed by atoms with Gasteiger partial charge in [-0.25, -0.2) is 0 Å². The standard InChI is InChI=1S/C26H24N2O/c1-29-25-12-5-2-7-19(25)17-27-20-15-13-18(14-16-20)26-23-10-6-9-21(23)22-8-3-4-11-24(22)28-26/h2-9,11-17,21,23,26,28H,10H2,1H3/t21-,23+,26-/m0/s1. The van der Waals surface area contributed by atoms with Crippen LogP contribution >= 0.6 is 0 Å². The predicted octanol–water partition coefficient (Wildman–Crippen LogP) is 6.27. The Bertz CT molecular complexity index is 1070. The summed E-state index contributed by atoms with van der Waals surface area (Å²) in [4.78, 5) is 4.64. The minimum atomic E-state index is 0.317. The van der Waals surface area contributed by atoms with E-state index in [4.69, 9.17) is 4.74 Å². The second-order valence-electron chi connectivity index (χ2n) is 7.65. The number of para-hydroxylation sites is 2. The predicted molar refractivity (Wildman–Crippen MR) is 119 cm³/mol. The summed E-state index contributed by atoms with van der Waals surface area (Å²) in [7, 11) is 1.68. The summed E-state index contributed by atoms with van der Waals surface area (Å²) in [5, 5.41) is 3.78. The number of benzene rings is 3. The topological polar surface area (TPSA) is 33.6 Å². The lowest BCUT2D eigenvalue weighted by Gasteiger charge is -2.37. The van der Waals surface area contributed by atoms with E-state index in [2.05, 4.69) is 71.0 Å². The minimum absolute atomic E-state index is 0.317. The first-order valence-corrected chi connectivity index (χ1v) is 10.1. The van der Waals surface area contributed by atoms with Gasteiger partial charge in [-0.2, -0.15) is 0 Å². The molecule has 0 radical (unpaired) electrons. The first kappa shape index (κ1) is 17.7. The van der Waals surface area contributed by atoms with Gasteiger partial charge in [-0.1, -0.05) is 54.6 Å². The van der Waals surface area contributed by atoms with Crippen LogP contribution in [0.2, 0.25) is 0 Å². The van der Waals surface area contributed by atoms with Gasteiger partial charge in [0.15, 0.2) is 0 Å². The van der Waals surface area contributed by atoms with E-state index in [9.17, 15) is 0 Å². The molecule has 0 bridgehead atoms. The summed E-state index contributed by atoms with van der Waals surface area (Å²) in [6.07, 6.45) is 7.69. The highest BCUT2D eigenvalue weighted by Crippen LogP contribution is 2.49. The molecule has 0 aromatic heterocycles. The normalized spacial score (nSPS) is 22.2. The molecule has 144 valence electrons. The van der Waals surface area contributed by atoms with Crippen LogP contribution in [-0.2, 0) is 0 Å². The van der Waals surface area contributed by atoms with Crippen LogP contribution in [0.15, 0.2) is 89.9 Å². The van der Waals surface area contributed by atoms with Crippen LogP contribution in [0.3, 0.4) is 0 Å². The number of aliphatic imine (C=N–C) groups is 1. The smallest absolute Gasteiger partial charge is 0.127 e. The number of rotatable bonds is 4. The maximum atomic E-state index is 5.40. The molecule has 1 N–H and O–H groups in total. The highest BCUT2D eigenvalue weighted by atomic mass is 16.5. The number of nitrogens with one attached hydrogen (secondary N) is 1. The number of fused-ring (bicyclic) bond motifs is 3. The summed E-state index contributed by atoms with van der Waals surface area (Å²) in [6, 6.07) is 25.5. The second kappa shape index (κ2) is 7.59. The first-order valence-electron chi connectivity index (χ1n) is 10.1. The zero-order valence-corrected chi connectivity index (χ0v) is 16.5. The van der Waals surface area contributed by atoms with Gasteiger partial charge < -0.3 is 10.1 Å². The van der Waals surface area contributed by atoms with Crippen LogP contribution in [0.5, 0.6) is 5.75 Å². The molecule has 3 aromatic carbocycles. The Morgan fingerprint density at radius 2 is 1.76 bits per heavy atom. The molecular weight excluding hydrogens is 356 g/mol. The van der Waals surface area contributed by atoms with Gasteiger partial charge in [0.2, 0.25) is 0 Å². The van der Waals surface area contributed by atoms with Crippen LogP contribution < -0.4 is 10.1 Å². The summed E-state index contributed by atoms with van der Waals surface area (Å²) < 4.78 is 5.40. The van der Waals surface area contributed by atoms with Crippen molar-refractivity contribution in [2.45, 2.75) is 18.4 Å². The monoisotopic (exact) mass is 380 g/mol. The van der Waals surface area contributed by atoms with Crippen molar-refractivity contribution in [2.75, 3.05) is 12.4 Å². The molecule has 29 heavy (non-hydrogen) atoms. The lowest BCUT2D eigenvalue weighted by molar-refractivity contribution is 0.414. The van der Waals surface area contributed by atoms with E-state index in [0.29, 0.717) is 17.9 Å². The molecule has 3 aromatic rings. The Hall–Kier alpha value is -3.33. The van der Waals surface area contributed by atoms with Crippen molar-refractivity contribution in [3.63, 3.8) is 0 Å². The zero-order chi connectivity index (χ0) is 19.6. The number of hydrogen-bond donors (Lipinski definition) is 1. The SMILES string of the molecule is COc1ccccc1C=Nc1ccc([C@@H]2Nc3ccccc3[C@@H]3C=CC[C@H]32)cc1. The summed E-state index contributed by atoms with van der Waals surface area (Å²) in [5.74, 6) is 1.89. The second-order valence-corrected chi connectivity index (χ2v) is 7.65.